The molecule has 1 saturated carbocycles. The molecule has 2 atom stereocenters. The van der Waals surface area contributed by atoms with Gasteiger partial charge in [-0.15, -0.1) is 0 Å². The molecule has 11 nitrogen and oxygen atoms in total. The molecule has 5 aliphatic rings. The van der Waals surface area contributed by atoms with Crippen molar-refractivity contribution >= 4 is 39.0 Å². The number of carbonyl (C=O) groups excluding carboxylic acids is 2. The number of likely N-dealkylation sites (tertiary alicyclic amines) is 2. The Balaban J connectivity index is 1.27. The molecule has 5 heterocycles. The first kappa shape index (κ1) is 32.5. The lowest BCUT2D eigenvalue weighted by atomic mass is 9.71. The lowest BCUT2D eigenvalue weighted by Gasteiger charge is -2.27. The molecule has 2 amide bonds. The molecule has 3 aromatic rings. The van der Waals surface area contributed by atoms with Crippen molar-refractivity contribution in [3.8, 4) is 17.0 Å². The van der Waals surface area contributed by atoms with Gasteiger partial charge in [-0.2, -0.15) is 12.7 Å². The largest absolute Gasteiger partial charge is 0.497 e. The Labute approximate surface area is 288 Å². The predicted molar refractivity (Wildman–Crippen MR) is 188 cm³/mol. The highest BCUT2D eigenvalue weighted by atomic mass is 32.2. The minimum absolute atomic E-state index is 0.0198. The summed E-state index contributed by atoms with van der Waals surface area (Å²) in [5, 5.41) is 1.03. The number of nitrogens with one attached hydrogen (secondary N) is 1. The van der Waals surface area contributed by atoms with E-state index in [0.717, 1.165) is 76.6 Å². The molecule has 1 aromatic heterocycles. The number of nitrogens with zero attached hydrogens (tertiary/aromatic N) is 4. The van der Waals surface area contributed by atoms with Crippen molar-refractivity contribution < 1.29 is 27.5 Å². The summed E-state index contributed by atoms with van der Waals surface area (Å²) in [4.78, 5) is 32.5. The van der Waals surface area contributed by atoms with Crippen molar-refractivity contribution in [2.24, 2.45) is 10.8 Å². The van der Waals surface area contributed by atoms with E-state index in [9.17, 15) is 18.0 Å². The number of benzene rings is 2. The first-order chi connectivity index (χ1) is 23.4. The van der Waals surface area contributed by atoms with Crippen LogP contribution in [0.4, 0.5) is 0 Å². The Morgan fingerprint density at radius 1 is 0.980 bits per heavy atom. The number of hydrogen-bond acceptors (Lipinski definition) is 7. The standard InChI is InChI=1S/C37H45N5O6S/c1-39(2)49(45,46)38-34(43)25-10-12-30-31(16-25)42-17-27(35(44)41-20-36-18-40(3)19-37(36,21-41)23-48-22-36)14-26-15-28(47-4)11-13-29(26)33(42)32(30)24-8-6-5-7-9-24/h10-16,24H,5-9,17-23H2,1-4H3,(H,38,43). The van der Waals surface area contributed by atoms with Gasteiger partial charge in [-0.3, -0.25) is 9.59 Å². The molecule has 8 rings (SSSR count). The lowest BCUT2D eigenvalue weighted by molar-refractivity contribution is -0.127. The molecule has 1 N–H and O–H groups in total. The fraction of sp³-hybridized carbons (Fsp3) is 0.514. The van der Waals surface area contributed by atoms with Crippen molar-refractivity contribution in [2.75, 3.05) is 67.6 Å². The SMILES string of the molecule is COc1ccc2c(c1)C=C(C(=O)N1CC34COCC3(CN(C)C4)C1)Cn1c-2c(C2CCCCC2)c2ccc(C(=O)NS(=O)(=O)N(C)C)cc21. The molecule has 2 aromatic carbocycles. The quantitative estimate of drug-likeness (QED) is 0.416. The Kier molecular flexibility index (Phi) is 7.75. The second-order valence-corrected chi connectivity index (χ2v) is 17.0. The van der Waals surface area contributed by atoms with Gasteiger partial charge in [-0.05, 0) is 73.3 Å². The minimum atomic E-state index is -3.98. The number of carbonyl (C=O) groups is 2. The number of amides is 2. The molecule has 260 valence electrons. The summed E-state index contributed by atoms with van der Waals surface area (Å²) in [7, 11) is 2.59. The first-order valence-electron chi connectivity index (χ1n) is 17.3. The molecule has 0 spiro atoms. The van der Waals surface area contributed by atoms with E-state index in [4.69, 9.17) is 9.47 Å². The molecule has 0 radical (unpaired) electrons. The van der Waals surface area contributed by atoms with Gasteiger partial charge in [0.05, 0.1) is 32.6 Å². The van der Waals surface area contributed by atoms with E-state index in [1.165, 1.54) is 26.1 Å². The molecular weight excluding hydrogens is 643 g/mol. The van der Waals surface area contributed by atoms with Gasteiger partial charge in [0.25, 0.3) is 11.8 Å². The maximum atomic E-state index is 14.7. The zero-order valence-electron chi connectivity index (χ0n) is 28.8. The van der Waals surface area contributed by atoms with Crippen LogP contribution in [0.5, 0.6) is 5.75 Å². The van der Waals surface area contributed by atoms with Crippen molar-refractivity contribution in [3.05, 3.63) is 58.7 Å². The van der Waals surface area contributed by atoms with E-state index in [0.29, 0.717) is 44.3 Å². The van der Waals surface area contributed by atoms with Crippen LogP contribution in [0, 0.1) is 10.8 Å². The molecule has 4 fully saturated rings. The van der Waals surface area contributed by atoms with E-state index < -0.39 is 16.1 Å². The van der Waals surface area contributed by atoms with Crippen LogP contribution in [-0.4, -0.2) is 107 Å². The Morgan fingerprint density at radius 3 is 2.37 bits per heavy atom. The second-order valence-electron chi connectivity index (χ2n) is 15.1. The third-order valence-electron chi connectivity index (χ3n) is 11.8. The van der Waals surface area contributed by atoms with Crippen LogP contribution >= 0.6 is 0 Å². The van der Waals surface area contributed by atoms with Crippen LogP contribution in [0.3, 0.4) is 0 Å². The molecule has 12 heteroatoms. The zero-order valence-corrected chi connectivity index (χ0v) is 29.6. The van der Waals surface area contributed by atoms with E-state index in [-0.39, 0.29) is 22.3 Å². The Bertz CT molecular complexity index is 1990. The molecule has 3 saturated heterocycles. The van der Waals surface area contributed by atoms with Gasteiger partial charge < -0.3 is 23.8 Å². The molecule has 4 aliphatic heterocycles. The van der Waals surface area contributed by atoms with Crippen molar-refractivity contribution in [1.29, 1.82) is 0 Å². The molecule has 2 unspecified atom stereocenters. The summed E-state index contributed by atoms with van der Waals surface area (Å²) in [6.07, 6.45) is 7.67. The average molecular weight is 688 g/mol. The van der Waals surface area contributed by atoms with Gasteiger partial charge in [0.1, 0.15) is 5.75 Å². The molecule has 0 bridgehead atoms. The monoisotopic (exact) mass is 687 g/mol. The predicted octanol–water partition coefficient (Wildman–Crippen LogP) is 4.09. The average Bonchev–Trinajstić information content (AvgIpc) is 3.71. The van der Waals surface area contributed by atoms with Crippen LogP contribution < -0.4 is 9.46 Å². The van der Waals surface area contributed by atoms with Gasteiger partial charge in [-0.1, -0.05) is 25.3 Å². The Morgan fingerprint density at radius 2 is 1.69 bits per heavy atom. The number of fused-ring (bicyclic) bond motifs is 5. The summed E-state index contributed by atoms with van der Waals surface area (Å²) < 4.78 is 42.2. The number of methoxy groups -OCH3 is 1. The second kappa shape index (κ2) is 11.7. The third kappa shape index (κ3) is 5.13. The molecule has 49 heavy (non-hydrogen) atoms. The maximum Gasteiger partial charge on any atom is 0.303 e. The Hall–Kier alpha value is -3.71. The zero-order chi connectivity index (χ0) is 34.3. The molecule has 1 aliphatic carbocycles. The smallest absolute Gasteiger partial charge is 0.303 e. The summed E-state index contributed by atoms with van der Waals surface area (Å²) in [5.41, 5.74) is 5.85. The van der Waals surface area contributed by atoms with Crippen molar-refractivity contribution in [3.63, 3.8) is 0 Å². The number of aromatic nitrogens is 1. The lowest BCUT2D eigenvalue weighted by Crippen LogP contribution is -2.39. The molecular formula is C37H45N5O6S. The van der Waals surface area contributed by atoms with Crippen LogP contribution in [0.2, 0.25) is 0 Å². The number of rotatable bonds is 6. The maximum absolute atomic E-state index is 14.7. The summed E-state index contributed by atoms with van der Waals surface area (Å²) in [5.74, 6) is 0.360. The highest BCUT2D eigenvalue weighted by molar-refractivity contribution is 7.87. The number of hydrogen-bond donors (Lipinski definition) is 1. The van der Waals surface area contributed by atoms with Crippen LogP contribution in [0.15, 0.2) is 42.0 Å². The normalized spacial score (nSPS) is 25.5. The third-order valence-corrected chi connectivity index (χ3v) is 13.2. The van der Waals surface area contributed by atoms with E-state index >= 15 is 0 Å². The van der Waals surface area contributed by atoms with Gasteiger partial charge in [-0.25, -0.2) is 4.72 Å². The minimum Gasteiger partial charge on any atom is -0.497 e. The van der Waals surface area contributed by atoms with Gasteiger partial charge in [0.2, 0.25) is 0 Å². The summed E-state index contributed by atoms with van der Waals surface area (Å²) in [6.45, 7) is 4.83. The van der Waals surface area contributed by atoms with Crippen molar-refractivity contribution in [2.45, 2.75) is 44.6 Å². The van der Waals surface area contributed by atoms with Gasteiger partial charge in [0.15, 0.2) is 0 Å². The van der Waals surface area contributed by atoms with E-state index in [2.05, 4.69) is 27.3 Å². The highest BCUT2D eigenvalue weighted by Gasteiger charge is 2.66. The van der Waals surface area contributed by atoms with Crippen molar-refractivity contribution in [1.82, 2.24) is 23.4 Å². The van der Waals surface area contributed by atoms with Gasteiger partial charge in [0, 0.05) is 78.7 Å². The fourth-order valence-corrected chi connectivity index (χ4v) is 10.0. The van der Waals surface area contributed by atoms with Crippen LogP contribution in [0.25, 0.3) is 28.2 Å². The van der Waals surface area contributed by atoms with Gasteiger partial charge >= 0.3 is 10.2 Å². The van der Waals surface area contributed by atoms with E-state index in [1.54, 1.807) is 19.2 Å². The van der Waals surface area contributed by atoms with Crippen LogP contribution in [0.1, 0.15) is 59.5 Å². The van der Waals surface area contributed by atoms with Crippen LogP contribution in [-0.2, 0) is 26.3 Å². The fourth-order valence-electron chi connectivity index (χ4n) is 9.50. The summed E-state index contributed by atoms with van der Waals surface area (Å²) >= 11 is 0. The number of ether oxygens (including phenoxy) is 2. The highest BCUT2D eigenvalue weighted by Crippen LogP contribution is 2.56. The topological polar surface area (TPSA) is 113 Å². The van der Waals surface area contributed by atoms with E-state index in [1.807, 2.05) is 29.2 Å². The first-order valence-corrected chi connectivity index (χ1v) is 18.7. The summed E-state index contributed by atoms with van der Waals surface area (Å²) in [6, 6.07) is 11.5.